The number of anilines is 1. The minimum absolute atomic E-state index is 0.0584. The highest BCUT2D eigenvalue weighted by Gasteiger charge is 2.51. The summed E-state index contributed by atoms with van der Waals surface area (Å²) < 4.78 is 31.6. The van der Waals surface area contributed by atoms with Crippen LogP contribution in [0.15, 0.2) is 41.3 Å². The predicted octanol–water partition coefficient (Wildman–Crippen LogP) is 4.51. The molecule has 39 heavy (non-hydrogen) atoms. The first-order chi connectivity index (χ1) is 18.7. The number of likely N-dealkylation sites (N-methyl/N-ethyl adjacent to an activating group) is 1. The van der Waals surface area contributed by atoms with E-state index in [2.05, 4.69) is 15.0 Å². The molecule has 3 N–H and O–H groups in total. The molecule has 1 saturated carbocycles. The van der Waals surface area contributed by atoms with Gasteiger partial charge in [0.25, 0.3) is 11.5 Å². The van der Waals surface area contributed by atoms with Crippen LogP contribution in [0.3, 0.4) is 0 Å². The molecule has 3 aromatic heterocycles. The van der Waals surface area contributed by atoms with Crippen molar-refractivity contribution in [3.05, 3.63) is 86.3 Å². The SMILES string of the molecule is CN1C(=O)c2c(cc(=O)n3c2CC[C@H]3c2ncc(-c3ccc(N)nc3F)[nH]2)-c2c(ccc(Cl)c2F)CC12CC2. The first kappa shape index (κ1) is 24.0. The smallest absolute Gasteiger partial charge is 0.256 e. The maximum atomic E-state index is 15.6. The molecule has 1 aromatic carbocycles. The lowest BCUT2D eigenvalue weighted by Gasteiger charge is -2.33. The van der Waals surface area contributed by atoms with Gasteiger partial charge in [-0.05, 0) is 55.9 Å². The van der Waals surface area contributed by atoms with E-state index in [1.54, 1.807) is 22.6 Å². The van der Waals surface area contributed by atoms with E-state index in [1.807, 2.05) is 0 Å². The number of imidazole rings is 1. The average molecular weight is 549 g/mol. The number of hydrogen-bond donors (Lipinski definition) is 2. The number of aromatic amines is 1. The molecule has 7 rings (SSSR count). The van der Waals surface area contributed by atoms with Crippen molar-refractivity contribution in [2.24, 2.45) is 0 Å². The molecule has 0 radical (unpaired) electrons. The third-order valence-corrected chi connectivity index (χ3v) is 8.71. The second-order valence-electron chi connectivity index (χ2n) is 10.6. The zero-order chi connectivity index (χ0) is 27.2. The van der Waals surface area contributed by atoms with Gasteiger partial charge in [-0.3, -0.25) is 9.59 Å². The van der Waals surface area contributed by atoms with E-state index < -0.39 is 17.8 Å². The van der Waals surface area contributed by atoms with Crippen LogP contribution in [0.1, 0.15) is 52.7 Å². The van der Waals surface area contributed by atoms with E-state index >= 15 is 4.39 Å². The van der Waals surface area contributed by atoms with Crippen LogP contribution in [0.4, 0.5) is 14.6 Å². The summed E-state index contributed by atoms with van der Waals surface area (Å²) in [5.74, 6) is -1.10. The lowest BCUT2D eigenvalue weighted by atomic mass is 9.87. The van der Waals surface area contributed by atoms with Gasteiger partial charge in [0.1, 0.15) is 17.5 Å². The van der Waals surface area contributed by atoms with Gasteiger partial charge in [-0.15, -0.1) is 0 Å². The van der Waals surface area contributed by atoms with Crippen LogP contribution >= 0.6 is 11.6 Å². The van der Waals surface area contributed by atoms with Crippen molar-refractivity contribution < 1.29 is 13.6 Å². The molecular weight excluding hydrogens is 526 g/mol. The number of fused-ring (bicyclic) bond motifs is 5. The summed E-state index contributed by atoms with van der Waals surface area (Å²) in [6.45, 7) is 0. The van der Waals surface area contributed by atoms with Gasteiger partial charge >= 0.3 is 0 Å². The lowest BCUT2D eigenvalue weighted by Crippen LogP contribution is -2.43. The molecule has 0 bridgehead atoms. The summed E-state index contributed by atoms with van der Waals surface area (Å²) in [6, 6.07) is 7.13. The number of nitrogens with one attached hydrogen (secondary N) is 1. The van der Waals surface area contributed by atoms with Crippen molar-refractivity contribution in [2.75, 3.05) is 12.8 Å². The summed E-state index contributed by atoms with van der Waals surface area (Å²) in [7, 11) is 1.78. The Balaban J connectivity index is 1.40. The second kappa shape index (κ2) is 8.22. The molecule has 1 aliphatic carbocycles. The highest BCUT2D eigenvalue weighted by atomic mass is 35.5. The van der Waals surface area contributed by atoms with E-state index in [1.165, 1.54) is 30.5 Å². The number of nitrogens with zero attached hydrogens (tertiary/aromatic N) is 4. The molecule has 1 atom stereocenters. The molecule has 1 amide bonds. The summed E-state index contributed by atoms with van der Waals surface area (Å²) in [5, 5.41) is -0.0584. The number of aromatic nitrogens is 4. The zero-order valence-corrected chi connectivity index (χ0v) is 21.6. The normalized spacial score (nSPS) is 18.9. The van der Waals surface area contributed by atoms with Gasteiger partial charge in [0, 0.05) is 35.5 Å². The van der Waals surface area contributed by atoms with Crippen molar-refractivity contribution in [3.63, 3.8) is 0 Å². The molecule has 1 spiro atoms. The van der Waals surface area contributed by atoms with Crippen LogP contribution in [-0.4, -0.2) is 42.9 Å². The molecule has 3 aliphatic rings. The number of hydrogen-bond acceptors (Lipinski definition) is 5. The molecule has 1 fully saturated rings. The number of nitrogens with two attached hydrogens (primary N) is 1. The molecule has 2 aliphatic heterocycles. The monoisotopic (exact) mass is 548 g/mol. The number of pyridine rings is 2. The van der Waals surface area contributed by atoms with E-state index in [-0.39, 0.29) is 44.5 Å². The Bertz CT molecular complexity index is 1780. The Morgan fingerprint density at radius 2 is 1.92 bits per heavy atom. The summed E-state index contributed by atoms with van der Waals surface area (Å²) in [5.41, 5.74) is 7.44. The van der Waals surface area contributed by atoms with Crippen LogP contribution in [0, 0.1) is 11.8 Å². The van der Waals surface area contributed by atoms with Crippen molar-refractivity contribution >= 4 is 23.3 Å². The third kappa shape index (κ3) is 3.47. The van der Waals surface area contributed by atoms with Gasteiger partial charge in [0.15, 0.2) is 0 Å². The zero-order valence-electron chi connectivity index (χ0n) is 20.9. The van der Waals surface area contributed by atoms with Crippen LogP contribution < -0.4 is 11.3 Å². The van der Waals surface area contributed by atoms with Crippen molar-refractivity contribution in [2.45, 2.75) is 43.7 Å². The van der Waals surface area contributed by atoms with Crippen LogP contribution in [-0.2, 0) is 12.8 Å². The van der Waals surface area contributed by atoms with Gasteiger partial charge in [-0.1, -0.05) is 17.7 Å². The van der Waals surface area contributed by atoms with E-state index in [0.717, 1.165) is 18.4 Å². The standard InChI is InChI=1S/C28H23ClF2N6O2/c1-36-27(39)23-15(22-13(11-28(36)8-9-28)2-4-16(29)24(22)30)10-21(38)37-18(23)5-6-19(37)26-33-12-17(34-26)14-3-7-20(32)35-25(14)31/h2-4,7,10,12,19H,5-6,8-9,11H2,1H3,(H2,32,35)(H,33,34)/t19-/m0/s1. The van der Waals surface area contributed by atoms with E-state index in [0.29, 0.717) is 42.0 Å². The first-order valence-corrected chi connectivity index (χ1v) is 13.1. The lowest BCUT2D eigenvalue weighted by molar-refractivity contribution is 0.0704. The average Bonchev–Trinajstić information content (AvgIpc) is 3.30. The third-order valence-electron chi connectivity index (χ3n) is 8.42. The molecule has 8 nitrogen and oxygen atoms in total. The fourth-order valence-electron chi connectivity index (χ4n) is 6.19. The molecule has 11 heteroatoms. The van der Waals surface area contributed by atoms with Gasteiger partial charge in [-0.25, -0.2) is 14.4 Å². The van der Waals surface area contributed by atoms with E-state index in [9.17, 15) is 14.0 Å². The number of rotatable bonds is 2. The van der Waals surface area contributed by atoms with E-state index in [4.69, 9.17) is 17.3 Å². The Morgan fingerprint density at radius 1 is 1.13 bits per heavy atom. The number of H-pyrrole nitrogens is 1. The Kier molecular flexibility index (Phi) is 5.07. The number of benzene rings is 1. The van der Waals surface area contributed by atoms with Crippen LogP contribution in [0.25, 0.3) is 22.4 Å². The second-order valence-corrected chi connectivity index (χ2v) is 11.0. The fourth-order valence-corrected chi connectivity index (χ4v) is 6.35. The molecule has 198 valence electrons. The minimum atomic E-state index is -0.738. The minimum Gasteiger partial charge on any atom is -0.384 e. The summed E-state index contributed by atoms with van der Waals surface area (Å²) in [4.78, 5) is 40.6. The quantitative estimate of drug-likeness (QED) is 0.358. The van der Waals surface area contributed by atoms with Crippen molar-refractivity contribution in [3.8, 4) is 22.4 Å². The Hall–Kier alpha value is -4.05. The number of halogens is 3. The predicted molar refractivity (Wildman–Crippen MR) is 142 cm³/mol. The molecular formula is C28H23ClF2N6O2. The number of carbonyl (C=O) groups excluding carboxylic acids is 1. The van der Waals surface area contributed by atoms with Gasteiger partial charge in [-0.2, -0.15) is 4.39 Å². The number of amides is 1. The fraction of sp³-hybridized carbons (Fsp3) is 0.286. The molecule has 4 aromatic rings. The number of nitrogen functional groups attached to an aromatic ring is 1. The summed E-state index contributed by atoms with van der Waals surface area (Å²) in [6.07, 6.45) is 4.49. The van der Waals surface area contributed by atoms with Gasteiger partial charge in [0.05, 0.1) is 34.1 Å². The Morgan fingerprint density at radius 3 is 2.67 bits per heavy atom. The topological polar surface area (TPSA) is 110 Å². The number of carbonyl (C=O) groups is 1. The Labute approximate surface area is 226 Å². The van der Waals surface area contributed by atoms with Crippen molar-refractivity contribution in [1.82, 2.24) is 24.4 Å². The molecule has 5 heterocycles. The highest BCUT2D eigenvalue weighted by molar-refractivity contribution is 6.31. The maximum Gasteiger partial charge on any atom is 0.256 e. The van der Waals surface area contributed by atoms with Crippen LogP contribution in [0.2, 0.25) is 5.02 Å². The molecule has 0 unspecified atom stereocenters. The highest BCUT2D eigenvalue weighted by Crippen LogP contribution is 2.49. The maximum absolute atomic E-state index is 15.6. The first-order valence-electron chi connectivity index (χ1n) is 12.7. The van der Waals surface area contributed by atoms with Crippen LogP contribution in [0.5, 0.6) is 0 Å². The summed E-state index contributed by atoms with van der Waals surface area (Å²) >= 11 is 6.19. The molecule has 0 saturated heterocycles. The van der Waals surface area contributed by atoms with Gasteiger partial charge < -0.3 is 20.2 Å². The largest absolute Gasteiger partial charge is 0.384 e. The van der Waals surface area contributed by atoms with Gasteiger partial charge in [0.2, 0.25) is 5.95 Å². The van der Waals surface area contributed by atoms with Crippen molar-refractivity contribution in [1.29, 1.82) is 0 Å².